The van der Waals surface area contributed by atoms with Crippen molar-refractivity contribution in [2.75, 3.05) is 20.2 Å². The van der Waals surface area contributed by atoms with Gasteiger partial charge in [0.25, 0.3) is 0 Å². The van der Waals surface area contributed by atoms with Crippen LogP contribution in [0.2, 0.25) is 0 Å². The van der Waals surface area contributed by atoms with Gasteiger partial charge in [0.05, 0.1) is 7.11 Å². The van der Waals surface area contributed by atoms with Crippen molar-refractivity contribution in [2.24, 2.45) is 5.92 Å². The summed E-state index contributed by atoms with van der Waals surface area (Å²) in [5.74, 6) is 1.96. The van der Waals surface area contributed by atoms with E-state index in [0.717, 1.165) is 56.9 Å². The highest BCUT2D eigenvalue weighted by molar-refractivity contribution is 5.83. The summed E-state index contributed by atoms with van der Waals surface area (Å²) in [6, 6.07) is 16.8. The summed E-state index contributed by atoms with van der Waals surface area (Å²) >= 11 is 0. The third-order valence-corrected chi connectivity index (χ3v) is 6.48. The average molecular weight is 405 g/mol. The molecule has 2 heterocycles. The Morgan fingerprint density at radius 2 is 1.83 bits per heavy atom. The standard InChI is InChI=1S/C26H32N2O2/c1-30-23-13-11-20(12-14-23)9-10-21-15-17-28(18-16-21)26(29)8-4-5-22-19-27-25-7-3-2-6-24(22)25/h2-3,6-7,11-14,19,21,27H,4-5,8-10,15-18H2,1H3. The fourth-order valence-corrected chi connectivity index (χ4v) is 4.56. The first-order valence-corrected chi connectivity index (χ1v) is 11.2. The molecule has 0 spiro atoms. The molecule has 1 N–H and O–H groups in total. The Bertz CT molecular complexity index is 953. The van der Waals surface area contributed by atoms with Gasteiger partial charge in [-0.05, 0) is 73.8 Å². The third kappa shape index (κ3) is 5.05. The fourth-order valence-electron chi connectivity index (χ4n) is 4.56. The van der Waals surface area contributed by atoms with Crippen molar-refractivity contribution >= 4 is 16.8 Å². The maximum atomic E-state index is 12.6. The second-order valence-electron chi connectivity index (χ2n) is 8.42. The topological polar surface area (TPSA) is 45.3 Å². The van der Waals surface area contributed by atoms with Crippen LogP contribution in [0.15, 0.2) is 54.7 Å². The zero-order chi connectivity index (χ0) is 20.8. The molecule has 1 fully saturated rings. The number of nitrogens with one attached hydrogen (secondary N) is 1. The molecule has 0 saturated carbocycles. The van der Waals surface area contributed by atoms with Gasteiger partial charge >= 0.3 is 0 Å². The molecule has 0 aliphatic carbocycles. The SMILES string of the molecule is COc1ccc(CCC2CCN(C(=O)CCCc3c[nH]c4ccccc34)CC2)cc1. The van der Waals surface area contributed by atoms with E-state index in [1.165, 1.54) is 28.5 Å². The number of hydrogen-bond donors (Lipinski definition) is 1. The molecular weight excluding hydrogens is 372 g/mol. The van der Waals surface area contributed by atoms with Crippen molar-refractivity contribution in [1.29, 1.82) is 0 Å². The first-order chi connectivity index (χ1) is 14.7. The number of rotatable bonds is 8. The second kappa shape index (κ2) is 9.84. The zero-order valence-electron chi connectivity index (χ0n) is 17.9. The van der Waals surface area contributed by atoms with Gasteiger partial charge in [0.15, 0.2) is 0 Å². The maximum absolute atomic E-state index is 12.6. The van der Waals surface area contributed by atoms with Crippen molar-refractivity contribution in [3.8, 4) is 5.75 Å². The van der Waals surface area contributed by atoms with Crippen LogP contribution in [0.1, 0.15) is 43.2 Å². The van der Waals surface area contributed by atoms with Gasteiger partial charge in [-0.2, -0.15) is 0 Å². The van der Waals surface area contributed by atoms with Crippen LogP contribution in [-0.2, 0) is 17.6 Å². The van der Waals surface area contributed by atoms with Crippen molar-refractivity contribution in [1.82, 2.24) is 9.88 Å². The number of amides is 1. The van der Waals surface area contributed by atoms with Gasteiger partial charge in [-0.15, -0.1) is 0 Å². The normalized spacial score (nSPS) is 14.9. The number of carbonyl (C=O) groups excluding carboxylic acids is 1. The number of aryl methyl sites for hydroxylation is 2. The Morgan fingerprint density at radius 1 is 1.07 bits per heavy atom. The quantitative estimate of drug-likeness (QED) is 0.548. The number of hydrogen-bond acceptors (Lipinski definition) is 2. The highest BCUT2D eigenvalue weighted by Crippen LogP contribution is 2.24. The first kappa shape index (κ1) is 20.5. The number of likely N-dealkylation sites (tertiary alicyclic amines) is 1. The summed E-state index contributed by atoms with van der Waals surface area (Å²) < 4.78 is 5.23. The molecule has 1 aliphatic rings. The Kier molecular flexibility index (Phi) is 6.73. The second-order valence-corrected chi connectivity index (χ2v) is 8.42. The molecule has 1 saturated heterocycles. The largest absolute Gasteiger partial charge is 0.497 e. The summed E-state index contributed by atoms with van der Waals surface area (Å²) in [5, 5.41) is 1.28. The molecule has 0 unspecified atom stereocenters. The predicted molar refractivity (Wildman–Crippen MR) is 122 cm³/mol. The van der Waals surface area contributed by atoms with Crippen LogP contribution in [0.3, 0.4) is 0 Å². The number of benzene rings is 2. The number of para-hydroxylation sites is 1. The molecule has 3 aromatic rings. The van der Waals surface area contributed by atoms with Crippen molar-refractivity contribution in [3.05, 3.63) is 65.9 Å². The van der Waals surface area contributed by atoms with Crippen LogP contribution < -0.4 is 4.74 Å². The van der Waals surface area contributed by atoms with Crippen LogP contribution in [0.4, 0.5) is 0 Å². The molecular formula is C26H32N2O2. The number of piperidine rings is 1. The highest BCUT2D eigenvalue weighted by Gasteiger charge is 2.22. The molecule has 158 valence electrons. The first-order valence-electron chi connectivity index (χ1n) is 11.2. The summed E-state index contributed by atoms with van der Waals surface area (Å²) in [7, 11) is 1.70. The summed E-state index contributed by atoms with van der Waals surface area (Å²) in [6.45, 7) is 1.83. The minimum atomic E-state index is 0.323. The number of fused-ring (bicyclic) bond motifs is 1. The molecule has 0 bridgehead atoms. The number of carbonyl (C=O) groups is 1. The lowest BCUT2D eigenvalue weighted by molar-refractivity contribution is -0.132. The van der Waals surface area contributed by atoms with E-state index in [0.29, 0.717) is 12.3 Å². The smallest absolute Gasteiger partial charge is 0.222 e. The van der Waals surface area contributed by atoms with Gasteiger partial charge in [-0.3, -0.25) is 4.79 Å². The van der Waals surface area contributed by atoms with E-state index in [1.54, 1.807) is 7.11 Å². The molecule has 1 aliphatic heterocycles. The molecule has 2 aromatic carbocycles. The van der Waals surface area contributed by atoms with E-state index < -0.39 is 0 Å². The van der Waals surface area contributed by atoms with Gasteiger partial charge in [0.2, 0.25) is 5.91 Å². The van der Waals surface area contributed by atoms with Crippen molar-refractivity contribution in [3.63, 3.8) is 0 Å². The van der Waals surface area contributed by atoms with E-state index in [1.807, 2.05) is 18.2 Å². The number of aromatic amines is 1. The highest BCUT2D eigenvalue weighted by atomic mass is 16.5. The molecule has 4 heteroatoms. The van der Waals surface area contributed by atoms with E-state index in [2.05, 4.69) is 46.4 Å². The lowest BCUT2D eigenvalue weighted by atomic mass is 9.90. The third-order valence-electron chi connectivity index (χ3n) is 6.48. The molecule has 1 aromatic heterocycles. The van der Waals surface area contributed by atoms with Crippen LogP contribution in [0, 0.1) is 5.92 Å². The maximum Gasteiger partial charge on any atom is 0.222 e. The average Bonchev–Trinajstić information content (AvgIpc) is 3.21. The van der Waals surface area contributed by atoms with Crippen molar-refractivity contribution in [2.45, 2.75) is 44.9 Å². The molecule has 0 radical (unpaired) electrons. The van der Waals surface area contributed by atoms with E-state index in [-0.39, 0.29) is 0 Å². The summed E-state index contributed by atoms with van der Waals surface area (Å²) in [5.41, 5.74) is 3.86. The molecule has 1 amide bonds. The Hall–Kier alpha value is -2.75. The Labute approximate surface area is 179 Å². The molecule has 0 atom stereocenters. The van der Waals surface area contributed by atoms with E-state index in [9.17, 15) is 4.79 Å². The van der Waals surface area contributed by atoms with Gasteiger partial charge in [-0.1, -0.05) is 30.3 Å². The van der Waals surface area contributed by atoms with Crippen LogP contribution in [0.5, 0.6) is 5.75 Å². The van der Waals surface area contributed by atoms with Crippen LogP contribution in [0.25, 0.3) is 10.9 Å². The van der Waals surface area contributed by atoms with Gasteiger partial charge in [0.1, 0.15) is 5.75 Å². The molecule has 4 rings (SSSR count). The fraction of sp³-hybridized carbons (Fsp3) is 0.423. The van der Waals surface area contributed by atoms with Crippen LogP contribution in [-0.4, -0.2) is 36.0 Å². The monoisotopic (exact) mass is 404 g/mol. The predicted octanol–water partition coefficient (Wildman–Crippen LogP) is 5.37. The number of methoxy groups -OCH3 is 1. The summed E-state index contributed by atoms with van der Waals surface area (Å²) in [6.07, 6.45) is 9.17. The number of nitrogens with zero attached hydrogens (tertiary/aromatic N) is 1. The Morgan fingerprint density at radius 3 is 2.60 bits per heavy atom. The van der Waals surface area contributed by atoms with Crippen molar-refractivity contribution < 1.29 is 9.53 Å². The number of aromatic nitrogens is 1. The lowest BCUT2D eigenvalue weighted by Gasteiger charge is -2.32. The molecule has 4 nitrogen and oxygen atoms in total. The zero-order valence-corrected chi connectivity index (χ0v) is 17.9. The van der Waals surface area contributed by atoms with E-state index in [4.69, 9.17) is 4.74 Å². The lowest BCUT2D eigenvalue weighted by Crippen LogP contribution is -2.38. The Balaban J connectivity index is 1.17. The van der Waals surface area contributed by atoms with Crippen LogP contribution >= 0.6 is 0 Å². The summed E-state index contributed by atoms with van der Waals surface area (Å²) in [4.78, 5) is 18.0. The minimum absolute atomic E-state index is 0.323. The number of ether oxygens (including phenoxy) is 1. The van der Waals surface area contributed by atoms with E-state index >= 15 is 0 Å². The van der Waals surface area contributed by atoms with Gasteiger partial charge in [-0.25, -0.2) is 0 Å². The number of H-pyrrole nitrogens is 1. The van der Waals surface area contributed by atoms with Gasteiger partial charge in [0, 0.05) is 36.6 Å². The minimum Gasteiger partial charge on any atom is -0.497 e. The molecule has 30 heavy (non-hydrogen) atoms. The van der Waals surface area contributed by atoms with Gasteiger partial charge < -0.3 is 14.6 Å².